The van der Waals surface area contributed by atoms with Crippen LogP contribution in [0.2, 0.25) is 0 Å². The molecule has 0 saturated heterocycles. The lowest BCUT2D eigenvalue weighted by Gasteiger charge is -2.20. The first-order chi connectivity index (χ1) is 18.5. The van der Waals surface area contributed by atoms with Crippen molar-refractivity contribution < 1.29 is 14.6 Å². The number of hydrogen-bond acceptors (Lipinski definition) is 7. The number of methoxy groups -OCH3 is 1. The van der Waals surface area contributed by atoms with Crippen molar-refractivity contribution in [1.82, 2.24) is 26.4 Å². The number of rotatable bonds is 11. The molecule has 2 heterocycles. The van der Waals surface area contributed by atoms with Crippen molar-refractivity contribution in [3.63, 3.8) is 0 Å². The molecule has 0 saturated carbocycles. The van der Waals surface area contributed by atoms with Crippen molar-refractivity contribution in [2.24, 2.45) is 0 Å². The van der Waals surface area contributed by atoms with Crippen LogP contribution in [0.25, 0.3) is 0 Å². The summed E-state index contributed by atoms with van der Waals surface area (Å²) in [5.74, 6) is -0.0169. The Hall–Kier alpha value is -2.36. The Morgan fingerprint density at radius 2 is 1.82 bits per heavy atom. The molecule has 0 bridgehead atoms. The summed E-state index contributed by atoms with van der Waals surface area (Å²) in [7, 11) is 3.45. The molecule has 0 spiro atoms. The molecule has 1 amide bonds. The van der Waals surface area contributed by atoms with Gasteiger partial charge in [-0.15, -0.1) is 0 Å². The second kappa shape index (κ2) is 21.6. The number of halogens is 1. The highest BCUT2D eigenvalue weighted by atomic mass is 35.5. The first kappa shape index (κ1) is 35.6. The molecule has 8 nitrogen and oxygen atoms in total. The number of carbonyl (C=O) groups excluding carboxylic acids is 1. The molecule has 1 aromatic rings. The number of benzene rings is 1. The van der Waals surface area contributed by atoms with Crippen LogP contribution < -0.4 is 21.5 Å². The zero-order valence-corrected chi connectivity index (χ0v) is 25.3. The number of aliphatic hydroxyl groups excluding tert-OH is 1. The Kier molecular flexibility index (Phi) is 20.2. The zero-order chi connectivity index (χ0) is 28.9. The van der Waals surface area contributed by atoms with E-state index in [0.29, 0.717) is 37.0 Å². The molecule has 2 aliphatic rings. The van der Waals surface area contributed by atoms with Crippen LogP contribution in [0.1, 0.15) is 57.5 Å². The number of nitrogens with zero attached hydrogens (tertiary/aromatic N) is 1. The van der Waals surface area contributed by atoms with Crippen LogP contribution >= 0.6 is 11.6 Å². The van der Waals surface area contributed by atoms with E-state index in [1.807, 2.05) is 78.0 Å². The van der Waals surface area contributed by atoms with Crippen molar-refractivity contribution in [1.29, 1.82) is 0 Å². The van der Waals surface area contributed by atoms with E-state index in [9.17, 15) is 9.90 Å². The van der Waals surface area contributed by atoms with Gasteiger partial charge < -0.3 is 30.8 Å². The van der Waals surface area contributed by atoms with E-state index < -0.39 is 6.10 Å². The molecule has 2 unspecified atom stereocenters. The smallest absolute Gasteiger partial charge is 0.253 e. The number of nitrogens with one attached hydrogen (secondary N) is 4. The first-order valence-corrected chi connectivity index (χ1v) is 14.1. The maximum atomic E-state index is 12.7. The minimum absolute atomic E-state index is 0.0169. The molecule has 1 aromatic carbocycles. The van der Waals surface area contributed by atoms with Crippen molar-refractivity contribution in [3.8, 4) is 0 Å². The fraction of sp³-hybridized carbons (Fsp3) is 0.552. The van der Waals surface area contributed by atoms with E-state index in [1.54, 1.807) is 25.1 Å². The van der Waals surface area contributed by atoms with Crippen LogP contribution in [0.4, 0.5) is 0 Å². The number of ether oxygens (including phenoxy) is 1. The Bertz CT molecular complexity index is 871. The highest BCUT2D eigenvalue weighted by Gasteiger charge is 2.20. The summed E-state index contributed by atoms with van der Waals surface area (Å²) >= 11 is 5.86. The van der Waals surface area contributed by atoms with E-state index in [-0.39, 0.29) is 11.9 Å². The summed E-state index contributed by atoms with van der Waals surface area (Å²) in [5.41, 5.74) is 9.87. The fourth-order valence-corrected chi connectivity index (χ4v) is 3.71. The molecule has 216 valence electrons. The third kappa shape index (κ3) is 12.9. The molecule has 0 aromatic heterocycles. The summed E-state index contributed by atoms with van der Waals surface area (Å²) in [6.45, 7) is 14.8. The van der Waals surface area contributed by atoms with E-state index in [4.69, 9.17) is 16.3 Å². The summed E-state index contributed by atoms with van der Waals surface area (Å²) in [5, 5.41) is 17.1. The van der Waals surface area contributed by atoms with Gasteiger partial charge in [0.1, 0.15) is 5.16 Å². The Labute approximate surface area is 235 Å². The van der Waals surface area contributed by atoms with E-state index in [1.165, 1.54) is 0 Å². The number of amides is 1. The number of dihydropyridines is 1. The lowest BCUT2D eigenvalue weighted by atomic mass is 10.1. The van der Waals surface area contributed by atoms with Gasteiger partial charge in [0.05, 0.1) is 18.8 Å². The van der Waals surface area contributed by atoms with Crippen LogP contribution in [0, 0.1) is 0 Å². The van der Waals surface area contributed by atoms with E-state index in [2.05, 4.69) is 21.5 Å². The minimum atomic E-state index is -0.552. The predicted molar refractivity (Wildman–Crippen MR) is 160 cm³/mol. The second-order valence-electron chi connectivity index (χ2n) is 7.96. The van der Waals surface area contributed by atoms with Crippen LogP contribution in [0.5, 0.6) is 0 Å². The van der Waals surface area contributed by atoms with Gasteiger partial charge in [-0.05, 0) is 48.4 Å². The van der Waals surface area contributed by atoms with Crippen LogP contribution in [-0.2, 0) is 11.2 Å². The molecule has 0 fully saturated rings. The molecule has 2 aliphatic heterocycles. The molecular weight excluding hydrogens is 502 g/mol. The van der Waals surface area contributed by atoms with Gasteiger partial charge in [-0.2, -0.15) is 0 Å². The predicted octanol–water partition coefficient (Wildman–Crippen LogP) is 3.95. The van der Waals surface area contributed by atoms with E-state index in [0.717, 1.165) is 29.8 Å². The maximum absolute atomic E-state index is 12.7. The molecular formula is C29H50ClN5O3. The molecule has 3 rings (SSSR count). The van der Waals surface area contributed by atoms with Crippen molar-refractivity contribution in [3.05, 3.63) is 70.0 Å². The standard InChI is InChI=1S/C23H32ClN5O3.3C2H6/c1-29(14-19-11-20(15-32-2)28-27-19)23(31)17-5-3-16(4-6-17)9-10-25-13-21(30)18-7-8-22(24)26-12-18;3*1-2/h3-8,11,19,21,25-28,30H,9-10,12-15H2,1-2H3;3*1-2H3. The first-order valence-electron chi connectivity index (χ1n) is 13.7. The number of likely N-dealkylation sites (N-methyl/N-ethyl adjacent to an activating group) is 1. The molecule has 5 N–H and O–H groups in total. The van der Waals surface area contributed by atoms with Gasteiger partial charge in [0.15, 0.2) is 0 Å². The number of aliphatic hydroxyl groups is 1. The Morgan fingerprint density at radius 3 is 2.39 bits per heavy atom. The Balaban J connectivity index is 0.00000213. The van der Waals surface area contributed by atoms with Gasteiger partial charge in [-0.3, -0.25) is 4.79 Å². The quantitative estimate of drug-likeness (QED) is 0.210. The summed E-state index contributed by atoms with van der Waals surface area (Å²) in [6, 6.07) is 7.73. The Morgan fingerprint density at radius 1 is 1.16 bits per heavy atom. The van der Waals surface area contributed by atoms with Gasteiger partial charge >= 0.3 is 0 Å². The lowest BCUT2D eigenvalue weighted by Crippen LogP contribution is -2.42. The van der Waals surface area contributed by atoms with Crippen LogP contribution in [0.15, 0.2) is 58.9 Å². The van der Waals surface area contributed by atoms with Gasteiger partial charge in [0.25, 0.3) is 5.91 Å². The van der Waals surface area contributed by atoms with Gasteiger partial charge in [0.2, 0.25) is 0 Å². The molecule has 38 heavy (non-hydrogen) atoms. The van der Waals surface area contributed by atoms with Gasteiger partial charge in [0, 0.05) is 45.1 Å². The second-order valence-corrected chi connectivity index (χ2v) is 8.37. The number of allylic oxidation sites excluding steroid dienone is 2. The molecule has 0 aliphatic carbocycles. The molecule has 9 heteroatoms. The monoisotopic (exact) mass is 551 g/mol. The minimum Gasteiger partial charge on any atom is -0.387 e. The van der Waals surface area contributed by atoms with Gasteiger partial charge in [-0.1, -0.05) is 71.4 Å². The number of carbonyl (C=O) groups is 1. The zero-order valence-electron chi connectivity index (χ0n) is 24.5. The number of hydrogen-bond donors (Lipinski definition) is 5. The fourth-order valence-electron chi connectivity index (χ4n) is 3.58. The van der Waals surface area contributed by atoms with Gasteiger partial charge in [-0.25, -0.2) is 5.43 Å². The average molecular weight is 552 g/mol. The van der Waals surface area contributed by atoms with Crippen LogP contribution in [-0.4, -0.2) is 75.0 Å². The normalized spacial score (nSPS) is 16.3. The summed E-state index contributed by atoms with van der Waals surface area (Å²) < 4.78 is 5.11. The summed E-state index contributed by atoms with van der Waals surface area (Å²) in [4.78, 5) is 14.4. The van der Waals surface area contributed by atoms with Crippen molar-refractivity contribution >= 4 is 17.5 Å². The van der Waals surface area contributed by atoms with E-state index >= 15 is 0 Å². The van der Waals surface area contributed by atoms with Crippen molar-refractivity contribution in [2.45, 2.75) is 60.1 Å². The number of hydrazine groups is 1. The van der Waals surface area contributed by atoms with Crippen LogP contribution in [0.3, 0.4) is 0 Å². The third-order valence-electron chi connectivity index (χ3n) is 5.40. The molecule has 2 atom stereocenters. The highest BCUT2D eigenvalue weighted by Crippen LogP contribution is 2.11. The largest absolute Gasteiger partial charge is 0.387 e. The topological polar surface area (TPSA) is 97.9 Å². The SMILES string of the molecule is CC.CC.CC.COCC1=CC(CN(C)C(=O)c2ccc(CCNCC(O)C3=CC=C(Cl)NC3)cc2)NN1. The summed E-state index contributed by atoms with van der Waals surface area (Å²) in [6.07, 6.45) is 5.90. The highest BCUT2D eigenvalue weighted by molar-refractivity contribution is 6.29. The molecule has 0 radical (unpaired) electrons. The van der Waals surface area contributed by atoms with Crippen molar-refractivity contribution in [2.75, 3.05) is 46.9 Å². The third-order valence-corrected chi connectivity index (χ3v) is 5.66. The maximum Gasteiger partial charge on any atom is 0.253 e. The lowest BCUT2D eigenvalue weighted by molar-refractivity contribution is 0.0787. The average Bonchev–Trinajstić information content (AvgIpc) is 3.41.